The van der Waals surface area contributed by atoms with E-state index in [9.17, 15) is 19.2 Å². The summed E-state index contributed by atoms with van der Waals surface area (Å²) in [5.41, 5.74) is -0.762. The molecule has 0 aromatic heterocycles. The average Bonchev–Trinajstić information content (AvgIpc) is 3.44. The van der Waals surface area contributed by atoms with Gasteiger partial charge in [-0.3, -0.25) is 19.2 Å². The molecule has 0 bridgehead atoms. The van der Waals surface area contributed by atoms with Crippen molar-refractivity contribution in [3.8, 4) is 5.75 Å². The number of hydrogen-bond donors (Lipinski definition) is 0. The predicted molar refractivity (Wildman–Crippen MR) is 128 cm³/mol. The van der Waals surface area contributed by atoms with E-state index in [0.29, 0.717) is 21.5 Å². The zero-order chi connectivity index (χ0) is 24.5. The largest absolute Gasteiger partial charge is 0.497 e. The first-order valence-corrected chi connectivity index (χ1v) is 11.8. The summed E-state index contributed by atoms with van der Waals surface area (Å²) in [6, 6.07) is 20.0. The molecule has 3 aromatic carbocycles. The Bertz CT molecular complexity index is 1400. The number of rotatable bonds is 3. The molecule has 2 amide bonds. The van der Waals surface area contributed by atoms with Crippen LogP contribution >= 0.6 is 15.9 Å². The van der Waals surface area contributed by atoms with Gasteiger partial charge in [0.15, 0.2) is 0 Å². The first-order chi connectivity index (χ1) is 16.9. The van der Waals surface area contributed by atoms with Crippen molar-refractivity contribution >= 4 is 45.0 Å². The van der Waals surface area contributed by atoms with Gasteiger partial charge in [-0.1, -0.05) is 58.4 Å². The minimum atomic E-state index is -2.09. The minimum Gasteiger partial charge on any atom is -0.497 e. The second-order valence-corrected chi connectivity index (χ2v) is 9.57. The van der Waals surface area contributed by atoms with Crippen LogP contribution in [0, 0.1) is 11.8 Å². The van der Waals surface area contributed by atoms with Crippen LogP contribution in [0.4, 0.5) is 5.69 Å². The Morgan fingerprint density at radius 3 is 2.03 bits per heavy atom. The molecular formula is C27H18BrNO6. The predicted octanol–water partition coefficient (Wildman–Crippen LogP) is 4.15. The monoisotopic (exact) mass is 531 g/mol. The van der Waals surface area contributed by atoms with Crippen LogP contribution in [0.15, 0.2) is 77.3 Å². The summed E-state index contributed by atoms with van der Waals surface area (Å²) in [7, 11) is 1.52. The minimum absolute atomic E-state index is 0.201. The molecule has 6 rings (SSSR count). The molecule has 0 saturated carbocycles. The van der Waals surface area contributed by atoms with Crippen LogP contribution in [0.1, 0.15) is 32.4 Å². The fraction of sp³-hybridized carbons (Fsp3) is 0.185. The van der Waals surface area contributed by atoms with E-state index >= 15 is 0 Å². The number of anilines is 1. The van der Waals surface area contributed by atoms with Crippen LogP contribution in [0.2, 0.25) is 0 Å². The van der Waals surface area contributed by atoms with Crippen molar-refractivity contribution in [2.45, 2.75) is 11.7 Å². The van der Waals surface area contributed by atoms with E-state index in [1.807, 2.05) is 6.07 Å². The molecule has 3 atom stereocenters. The van der Waals surface area contributed by atoms with Gasteiger partial charge < -0.3 is 9.47 Å². The van der Waals surface area contributed by atoms with Gasteiger partial charge in [0.2, 0.25) is 29.0 Å². The second kappa shape index (κ2) is 7.69. The molecule has 3 aromatic rings. The normalized spacial score (nSPS) is 24.3. The lowest BCUT2D eigenvalue weighted by Crippen LogP contribution is -2.51. The van der Waals surface area contributed by atoms with E-state index in [1.54, 1.807) is 66.7 Å². The molecule has 2 aliphatic heterocycles. The molecule has 8 heteroatoms. The molecule has 1 spiro atoms. The highest BCUT2D eigenvalue weighted by Crippen LogP contribution is 2.58. The molecule has 3 aliphatic rings. The van der Waals surface area contributed by atoms with Crippen molar-refractivity contribution in [1.29, 1.82) is 0 Å². The van der Waals surface area contributed by atoms with Crippen molar-refractivity contribution in [3.05, 3.63) is 94.0 Å². The Morgan fingerprint density at radius 1 is 0.829 bits per heavy atom. The molecule has 174 valence electrons. The number of ketones is 2. The standard InChI is InChI=1S/C27H18BrNO6/c1-34-15-12-10-14(11-13-15)29-25(32)20-21(26(29)33)27(35-22(20)18-8-4-5-9-19(18)28)23(30)16-6-2-3-7-17(16)24(27)31/h2-13,20-22H,1H3/t20-,21+,22+/m0/s1. The van der Waals surface area contributed by atoms with Crippen LogP contribution in [0.5, 0.6) is 5.75 Å². The molecule has 2 heterocycles. The van der Waals surface area contributed by atoms with Crippen LogP contribution < -0.4 is 9.64 Å². The first kappa shape index (κ1) is 21.9. The lowest BCUT2D eigenvalue weighted by Gasteiger charge is -2.27. The molecule has 1 aliphatic carbocycles. The zero-order valence-corrected chi connectivity index (χ0v) is 20.0. The third-order valence-electron chi connectivity index (χ3n) is 7.06. The van der Waals surface area contributed by atoms with Crippen LogP contribution in [-0.4, -0.2) is 36.1 Å². The summed E-state index contributed by atoms with van der Waals surface area (Å²) < 4.78 is 12.1. The van der Waals surface area contributed by atoms with Crippen molar-refractivity contribution in [2.75, 3.05) is 12.0 Å². The highest BCUT2D eigenvalue weighted by molar-refractivity contribution is 9.10. The van der Waals surface area contributed by atoms with Crippen molar-refractivity contribution < 1.29 is 28.7 Å². The van der Waals surface area contributed by atoms with Gasteiger partial charge in [-0.05, 0) is 35.9 Å². The van der Waals surface area contributed by atoms with Crippen molar-refractivity contribution in [2.24, 2.45) is 11.8 Å². The smallest absolute Gasteiger partial charge is 0.241 e. The molecule has 7 nitrogen and oxygen atoms in total. The number of hydrogen-bond acceptors (Lipinski definition) is 6. The number of Topliss-reactive ketones (excluding diaryl/α,β-unsaturated/α-hetero) is 2. The highest BCUT2D eigenvalue weighted by atomic mass is 79.9. The van der Waals surface area contributed by atoms with Crippen molar-refractivity contribution in [1.82, 2.24) is 0 Å². The first-order valence-electron chi connectivity index (χ1n) is 11.0. The molecule has 0 radical (unpaired) electrons. The Hall–Kier alpha value is -3.62. The van der Waals surface area contributed by atoms with E-state index in [0.717, 1.165) is 4.90 Å². The molecule has 2 fully saturated rings. The number of imide groups is 1. The summed E-state index contributed by atoms with van der Waals surface area (Å²) in [4.78, 5) is 56.3. The van der Waals surface area contributed by atoms with E-state index in [1.165, 1.54) is 7.11 Å². The molecule has 2 saturated heterocycles. The molecular weight excluding hydrogens is 514 g/mol. The van der Waals surface area contributed by atoms with E-state index in [-0.39, 0.29) is 11.1 Å². The van der Waals surface area contributed by atoms with Crippen LogP contribution in [0.3, 0.4) is 0 Å². The number of benzene rings is 3. The number of carbonyl (C=O) groups excluding carboxylic acids is 4. The van der Waals surface area contributed by atoms with Gasteiger partial charge in [0, 0.05) is 15.6 Å². The molecule has 0 unspecified atom stereocenters. The SMILES string of the molecule is COc1ccc(N2C(=O)[C@@H]3[C@@H](c4ccccc4Br)OC4(C(=O)c5ccccc5C4=O)[C@H]3C2=O)cc1. The number of methoxy groups -OCH3 is 1. The van der Waals surface area contributed by atoms with Gasteiger partial charge in [0.25, 0.3) is 0 Å². The van der Waals surface area contributed by atoms with Crippen LogP contribution in [0.25, 0.3) is 0 Å². The van der Waals surface area contributed by atoms with E-state index in [2.05, 4.69) is 15.9 Å². The third kappa shape index (κ3) is 2.81. The van der Waals surface area contributed by atoms with Gasteiger partial charge in [0.1, 0.15) is 5.75 Å². The Kier molecular flexibility index (Phi) is 4.81. The fourth-order valence-electron chi connectivity index (χ4n) is 5.49. The number of carbonyl (C=O) groups is 4. The summed E-state index contributed by atoms with van der Waals surface area (Å²) >= 11 is 3.50. The van der Waals surface area contributed by atoms with Gasteiger partial charge in [-0.25, -0.2) is 4.90 Å². The highest BCUT2D eigenvalue weighted by Gasteiger charge is 2.74. The second-order valence-electron chi connectivity index (χ2n) is 8.71. The Morgan fingerprint density at radius 2 is 1.43 bits per heavy atom. The third-order valence-corrected chi connectivity index (χ3v) is 7.78. The summed E-state index contributed by atoms with van der Waals surface area (Å²) in [6.07, 6.45) is -0.975. The van der Waals surface area contributed by atoms with Gasteiger partial charge in [0.05, 0.1) is 30.7 Å². The summed E-state index contributed by atoms with van der Waals surface area (Å²) in [6.45, 7) is 0. The number of halogens is 1. The maximum absolute atomic E-state index is 13.9. The Balaban J connectivity index is 1.54. The lowest BCUT2D eigenvalue weighted by atomic mass is 9.77. The fourth-order valence-corrected chi connectivity index (χ4v) is 6.00. The average molecular weight is 532 g/mol. The quantitative estimate of drug-likeness (QED) is 0.372. The van der Waals surface area contributed by atoms with Crippen LogP contribution in [-0.2, 0) is 14.3 Å². The molecule has 0 N–H and O–H groups in total. The lowest BCUT2D eigenvalue weighted by molar-refractivity contribution is -0.127. The summed E-state index contributed by atoms with van der Waals surface area (Å²) in [5, 5.41) is 0. The Labute approximate surface area is 208 Å². The number of nitrogens with zero attached hydrogens (tertiary/aromatic N) is 1. The molecule has 35 heavy (non-hydrogen) atoms. The number of ether oxygens (including phenoxy) is 2. The van der Waals surface area contributed by atoms with Gasteiger partial charge in [-0.2, -0.15) is 0 Å². The van der Waals surface area contributed by atoms with Crippen molar-refractivity contribution in [3.63, 3.8) is 0 Å². The topological polar surface area (TPSA) is 90.0 Å². The van der Waals surface area contributed by atoms with E-state index < -0.39 is 46.9 Å². The maximum Gasteiger partial charge on any atom is 0.241 e. The number of amides is 2. The van der Waals surface area contributed by atoms with Gasteiger partial charge >= 0.3 is 0 Å². The zero-order valence-electron chi connectivity index (χ0n) is 18.4. The summed E-state index contributed by atoms with van der Waals surface area (Å²) in [5.74, 6) is -4.09. The van der Waals surface area contributed by atoms with Gasteiger partial charge in [-0.15, -0.1) is 0 Å². The maximum atomic E-state index is 13.9. The van der Waals surface area contributed by atoms with E-state index in [4.69, 9.17) is 9.47 Å². The number of fused-ring (bicyclic) bond motifs is 3.